The van der Waals surface area contributed by atoms with Crippen molar-refractivity contribution in [3.05, 3.63) is 53.5 Å². The highest BCUT2D eigenvalue weighted by atomic mass is 16.2. The van der Waals surface area contributed by atoms with Gasteiger partial charge in [0, 0.05) is 23.6 Å². The molecule has 1 aromatic carbocycles. The molecule has 0 spiro atoms. The number of nitrogens with two attached hydrogens (primary N) is 1. The van der Waals surface area contributed by atoms with Gasteiger partial charge in [0.15, 0.2) is 0 Å². The molecule has 3 heterocycles. The smallest absolute Gasteiger partial charge is 0.270 e. The van der Waals surface area contributed by atoms with Crippen molar-refractivity contribution in [2.75, 3.05) is 12.3 Å². The van der Waals surface area contributed by atoms with Gasteiger partial charge in [-0.25, -0.2) is 9.97 Å². The molecule has 1 aliphatic rings. The number of carbonyl (C=O) groups excluding carboxylic acids is 1. The predicted molar refractivity (Wildman–Crippen MR) is 83.2 cm³/mol. The summed E-state index contributed by atoms with van der Waals surface area (Å²) in [5.74, 6) is 0.234. The third-order valence-corrected chi connectivity index (χ3v) is 4.01. The Labute approximate surface area is 127 Å². The minimum Gasteiger partial charge on any atom is -0.368 e. The molecule has 2 aromatic heterocycles. The molecule has 0 fully saturated rings. The van der Waals surface area contributed by atoms with E-state index in [0.29, 0.717) is 18.8 Å². The lowest BCUT2D eigenvalue weighted by molar-refractivity contribution is 0.0727. The van der Waals surface area contributed by atoms with Crippen LogP contribution in [0.15, 0.2) is 36.5 Å². The lowest BCUT2D eigenvalue weighted by Crippen LogP contribution is -2.36. The summed E-state index contributed by atoms with van der Waals surface area (Å²) in [4.78, 5) is 25.9. The number of nitrogen functional groups attached to an aromatic ring is 1. The van der Waals surface area contributed by atoms with Crippen LogP contribution in [0.4, 0.5) is 5.95 Å². The number of nitrogens with one attached hydrogen (secondary N) is 1. The first kappa shape index (κ1) is 12.8. The molecule has 6 heteroatoms. The van der Waals surface area contributed by atoms with E-state index in [-0.39, 0.29) is 11.9 Å². The normalized spacial score (nSPS) is 14.1. The largest absolute Gasteiger partial charge is 0.368 e. The highest BCUT2D eigenvalue weighted by Gasteiger charge is 2.24. The van der Waals surface area contributed by atoms with E-state index in [1.54, 1.807) is 11.1 Å². The van der Waals surface area contributed by atoms with Crippen molar-refractivity contribution < 1.29 is 4.79 Å². The third kappa shape index (κ3) is 2.09. The first-order valence-corrected chi connectivity index (χ1v) is 7.18. The molecular formula is C16H15N5O. The van der Waals surface area contributed by atoms with E-state index in [0.717, 1.165) is 28.6 Å². The van der Waals surface area contributed by atoms with Crippen LogP contribution in [0.2, 0.25) is 0 Å². The van der Waals surface area contributed by atoms with E-state index in [1.807, 2.05) is 30.3 Å². The Morgan fingerprint density at radius 3 is 3.05 bits per heavy atom. The number of carbonyl (C=O) groups is 1. The Morgan fingerprint density at radius 2 is 2.18 bits per heavy atom. The van der Waals surface area contributed by atoms with Crippen LogP contribution in [-0.2, 0) is 13.0 Å². The first-order valence-electron chi connectivity index (χ1n) is 7.18. The standard InChI is InChI=1S/C16H15N5O/c17-16-18-8-11-5-6-21(9-14(11)20-16)15(22)13-7-10-3-1-2-4-12(10)19-13/h1-4,7-8,19H,5-6,9H2,(H2,17,18,20). The first-order chi connectivity index (χ1) is 10.7. The Balaban J connectivity index is 1.63. The number of fused-ring (bicyclic) bond motifs is 2. The van der Waals surface area contributed by atoms with Crippen molar-refractivity contribution in [3.8, 4) is 0 Å². The molecule has 0 saturated heterocycles. The molecule has 1 amide bonds. The van der Waals surface area contributed by atoms with Gasteiger partial charge in [-0.15, -0.1) is 0 Å². The molecule has 0 unspecified atom stereocenters. The molecule has 1 aliphatic heterocycles. The molecule has 0 bridgehead atoms. The van der Waals surface area contributed by atoms with E-state index >= 15 is 0 Å². The van der Waals surface area contributed by atoms with Crippen LogP contribution in [0, 0.1) is 0 Å². The minimum atomic E-state index is -0.0148. The number of rotatable bonds is 1. The number of nitrogens with zero attached hydrogens (tertiary/aromatic N) is 3. The van der Waals surface area contributed by atoms with Gasteiger partial charge in [0.05, 0.1) is 12.2 Å². The van der Waals surface area contributed by atoms with E-state index in [1.165, 1.54) is 0 Å². The molecule has 3 aromatic rings. The quantitative estimate of drug-likeness (QED) is 0.715. The Morgan fingerprint density at radius 1 is 1.32 bits per heavy atom. The minimum absolute atomic E-state index is 0.0148. The van der Waals surface area contributed by atoms with Crippen LogP contribution in [-0.4, -0.2) is 32.3 Å². The van der Waals surface area contributed by atoms with Gasteiger partial charge in [0.1, 0.15) is 5.69 Å². The van der Waals surface area contributed by atoms with Gasteiger partial charge in [-0.2, -0.15) is 0 Å². The number of amides is 1. The number of hydrogen-bond donors (Lipinski definition) is 2. The Bertz CT molecular complexity index is 837. The maximum atomic E-state index is 12.7. The lowest BCUT2D eigenvalue weighted by atomic mass is 10.1. The average Bonchev–Trinajstić information content (AvgIpc) is 2.97. The maximum absolute atomic E-state index is 12.7. The van der Waals surface area contributed by atoms with E-state index < -0.39 is 0 Å². The lowest BCUT2D eigenvalue weighted by Gasteiger charge is -2.27. The Hall–Kier alpha value is -2.89. The molecule has 0 saturated carbocycles. The summed E-state index contributed by atoms with van der Waals surface area (Å²) in [5, 5.41) is 1.04. The van der Waals surface area contributed by atoms with Crippen molar-refractivity contribution in [1.82, 2.24) is 19.9 Å². The molecule has 22 heavy (non-hydrogen) atoms. The van der Waals surface area contributed by atoms with Crippen LogP contribution in [0.25, 0.3) is 10.9 Å². The van der Waals surface area contributed by atoms with Crippen molar-refractivity contribution >= 4 is 22.8 Å². The maximum Gasteiger partial charge on any atom is 0.270 e. The van der Waals surface area contributed by atoms with Crippen molar-refractivity contribution in [3.63, 3.8) is 0 Å². The van der Waals surface area contributed by atoms with Gasteiger partial charge < -0.3 is 15.6 Å². The number of anilines is 1. The molecule has 4 rings (SSSR count). The number of para-hydroxylation sites is 1. The summed E-state index contributed by atoms with van der Waals surface area (Å²) in [6, 6.07) is 9.75. The molecule has 3 N–H and O–H groups in total. The average molecular weight is 293 g/mol. The van der Waals surface area contributed by atoms with E-state index in [9.17, 15) is 4.79 Å². The summed E-state index contributed by atoms with van der Waals surface area (Å²) in [6.45, 7) is 1.13. The zero-order chi connectivity index (χ0) is 15.1. The zero-order valence-electron chi connectivity index (χ0n) is 11.9. The fraction of sp³-hybridized carbons (Fsp3) is 0.188. The van der Waals surface area contributed by atoms with Crippen LogP contribution in [0.5, 0.6) is 0 Å². The summed E-state index contributed by atoms with van der Waals surface area (Å²) >= 11 is 0. The Kier molecular flexibility index (Phi) is 2.82. The second-order valence-corrected chi connectivity index (χ2v) is 5.45. The highest BCUT2D eigenvalue weighted by molar-refractivity contribution is 5.98. The molecule has 0 atom stereocenters. The monoisotopic (exact) mass is 293 g/mol. The van der Waals surface area contributed by atoms with Crippen LogP contribution in [0.1, 0.15) is 21.7 Å². The second kappa shape index (κ2) is 4.84. The molecular weight excluding hydrogens is 278 g/mol. The second-order valence-electron chi connectivity index (χ2n) is 5.45. The number of aromatic nitrogens is 3. The van der Waals surface area contributed by atoms with Gasteiger partial charge in [-0.3, -0.25) is 4.79 Å². The van der Waals surface area contributed by atoms with Crippen LogP contribution < -0.4 is 5.73 Å². The fourth-order valence-corrected chi connectivity index (χ4v) is 2.85. The highest BCUT2D eigenvalue weighted by Crippen LogP contribution is 2.21. The van der Waals surface area contributed by atoms with E-state index in [4.69, 9.17) is 5.73 Å². The predicted octanol–water partition coefficient (Wildman–Crippen LogP) is 1.74. The zero-order valence-corrected chi connectivity index (χ0v) is 11.9. The van der Waals surface area contributed by atoms with Gasteiger partial charge in [0.2, 0.25) is 5.95 Å². The van der Waals surface area contributed by atoms with Gasteiger partial charge in [-0.05, 0) is 24.1 Å². The van der Waals surface area contributed by atoms with Crippen LogP contribution >= 0.6 is 0 Å². The third-order valence-electron chi connectivity index (χ3n) is 4.01. The van der Waals surface area contributed by atoms with Gasteiger partial charge in [-0.1, -0.05) is 18.2 Å². The number of benzene rings is 1. The topological polar surface area (TPSA) is 87.9 Å². The van der Waals surface area contributed by atoms with Gasteiger partial charge in [0.25, 0.3) is 5.91 Å². The summed E-state index contributed by atoms with van der Waals surface area (Å²) in [5.41, 5.74) is 9.11. The van der Waals surface area contributed by atoms with Crippen molar-refractivity contribution in [2.24, 2.45) is 0 Å². The summed E-state index contributed by atoms with van der Waals surface area (Å²) in [7, 11) is 0. The molecule has 6 nitrogen and oxygen atoms in total. The van der Waals surface area contributed by atoms with Crippen LogP contribution in [0.3, 0.4) is 0 Å². The number of hydrogen-bond acceptors (Lipinski definition) is 4. The summed E-state index contributed by atoms with van der Waals surface area (Å²) in [6.07, 6.45) is 2.50. The van der Waals surface area contributed by atoms with E-state index in [2.05, 4.69) is 15.0 Å². The number of H-pyrrole nitrogens is 1. The SMILES string of the molecule is Nc1ncc2c(n1)CN(C(=O)c1cc3ccccc3[nH]1)CC2. The molecule has 0 radical (unpaired) electrons. The molecule has 110 valence electrons. The molecule has 0 aliphatic carbocycles. The van der Waals surface area contributed by atoms with Gasteiger partial charge >= 0.3 is 0 Å². The van der Waals surface area contributed by atoms with Crippen molar-refractivity contribution in [2.45, 2.75) is 13.0 Å². The van der Waals surface area contributed by atoms with Crippen molar-refractivity contribution in [1.29, 1.82) is 0 Å². The number of aromatic amines is 1. The fourth-order valence-electron chi connectivity index (χ4n) is 2.85. The summed E-state index contributed by atoms with van der Waals surface area (Å²) < 4.78 is 0.